The lowest BCUT2D eigenvalue weighted by Crippen LogP contribution is -2.53. The molecule has 0 aromatic carbocycles. The van der Waals surface area contributed by atoms with Gasteiger partial charge in [0.1, 0.15) is 5.92 Å². The molecule has 1 aliphatic heterocycles. The van der Waals surface area contributed by atoms with Crippen molar-refractivity contribution < 1.29 is 4.79 Å². The first-order valence-electron chi connectivity index (χ1n) is 5.31. The van der Waals surface area contributed by atoms with E-state index in [0.29, 0.717) is 6.42 Å². The van der Waals surface area contributed by atoms with E-state index in [0.717, 1.165) is 26.2 Å². The van der Waals surface area contributed by atoms with Crippen molar-refractivity contribution in [3.63, 3.8) is 0 Å². The number of likely N-dealkylation sites (N-methyl/N-ethyl adjacent to an activating group) is 1. The fourth-order valence-corrected chi connectivity index (χ4v) is 1.49. The number of hydrazine groups is 1. The number of nitrogens with one attached hydrogen (secondary N) is 1. The molecule has 1 amide bonds. The Morgan fingerprint density at radius 2 is 2.07 bits per heavy atom. The highest BCUT2D eigenvalue weighted by molar-refractivity contribution is 5.80. The van der Waals surface area contributed by atoms with Crippen LogP contribution in [-0.4, -0.2) is 49.0 Å². The van der Waals surface area contributed by atoms with Crippen molar-refractivity contribution in [2.45, 2.75) is 13.3 Å². The van der Waals surface area contributed by atoms with E-state index in [1.54, 1.807) is 0 Å². The van der Waals surface area contributed by atoms with E-state index in [1.807, 2.05) is 18.0 Å². The minimum absolute atomic E-state index is 0.176. The monoisotopic (exact) mass is 210 g/mol. The van der Waals surface area contributed by atoms with Gasteiger partial charge < -0.3 is 4.90 Å². The Morgan fingerprint density at radius 3 is 2.53 bits per heavy atom. The van der Waals surface area contributed by atoms with Crippen LogP contribution in [0.2, 0.25) is 0 Å². The number of nitrogens with zero attached hydrogens (tertiary/aromatic N) is 3. The summed E-state index contributed by atoms with van der Waals surface area (Å²) in [5.41, 5.74) is 2.79. The van der Waals surface area contributed by atoms with E-state index in [2.05, 4.69) is 17.4 Å². The quantitative estimate of drug-likeness (QED) is 0.701. The molecular formula is C10H18N4O. The van der Waals surface area contributed by atoms with Crippen LogP contribution in [0.4, 0.5) is 0 Å². The van der Waals surface area contributed by atoms with Crippen LogP contribution in [0.15, 0.2) is 0 Å². The first-order valence-corrected chi connectivity index (χ1v) is 5.31. The smallest absolute Gasteiger partial charge is 0.251 e. The maximum absolute atomic E-state index is 11.6. The van der Waals surface area contributed by atoms with Gasteiger partial charge in [-0.2, -0.15) is 5.26 Å². The number of piperazine rings is 1. The molecule has 1 N–H and O–H groups in total. The Bertz CT molecular complexity index is 253. The number of hydrogen-bond acceptors (Lipinski definition) is 4. The van der Waals surface area contributed by atoms with Crippen LogP contribution in [0.3, 0.4) is 0 Å². The molecule has 1 unspecified atom stereocenters. The van der Waals surface area contributed by atoms with Gasteiger partial charge in [-0.15, -0.1) is 0 Å². The van der Waals surface area contributed by atoms with Gasteiger partial charge in [-0.3, -0.25) is 10.2 Å². The van der Waals surface area contributed by atoms with Crippen LogP contribution in [0, 0.1) is 17.2 Å². The van der Waals surface area contributed by atoms with Gasteiger partial charge in [0.05, 0.1) is 6.07 Å². The zero-order valence-corrected chi connectivity index (χ0v) is 9.36. The number of carbonyl (C=O) groups is 1. The van der Waals surface area contributed by atoms with Crippen LogP contribution >= 0.6 is 0 Å². The molecule has 1 heterocycles. The molecule has 0 aromatic heterocycles. The van der Waals surface area contributed by atoms with Crippen LogP contribution in [-0.2, 0) is 4.79 Å². The number of amides is 1. The van der Waals surface area contributed by atoms with Crippen molar-refractivity contribution in [2.75, 3.05) is 33.2 Å². The Hall–Kier alpha value is -1.12. The number of rotatable bonds is 3. The van der Waals surface area contributed by atoms with Gasteiger partial charge in [-0.25, -0.2) is 5.01 Å². The molecule has 0 bridgehead atoms. The summed E-state index contributed by atoms with van der Waals surface area (Å²) in [5, 5.41) is 10.6. The summed E-state index contributed by atoms with van der Waals surface area (Å²) in [6.07, 6.45) is 0.566. The topological polar surface area (TPSA) is 59.4 Å². The molecule has 1 aliphatic rings. The standard InChI is InChI=1S/C10H18N4O/c1-3-9(8-11)10(15)12-14-6-4-13(2)5-7-14/h9H,3-7H2,1-2H3,(H,12,15). The lowest BCUT2D eigenvalue weighted by atomic mass is 10.1. The van der Waals surface area contributed by atoms with Gasteiger partial charge in [0.2, 0.25) is 0 Å². The molecule has 0 aliphatic carbocycles. The molecule has 5 heteroatoms. The van der Waals surface area contributed by atoms with Gasteiger partial charge in [-0.1, -0.05) is 6.92 Å². The van der Waals surface area contributed by atoms with Crippen molar-refractivity contribution in [1.29, 1.82) is 5.26 Å². The largest absolute Gasteiger partial charge is 0.304 e. The lowest BCUT2D eigenvalue weighted by molar-refractivity contribution is -0.129. The summed E-state index contributed by atoms with van der Waals surface area (Å²) in [4.78, 5) is 13.8. The van der Waals surface area contributed by atoms with E-state index in [4.69, 9.17) is 5.26 Å². The third kappa shape index (κ3) is 3.50. The Kier molecular flexibility index (Phi) is 4.53. The van der Waals surface area contributed by atoms with Crippen molar-refractivity contribution in [3.8, 4) is 6.07 Å². The van der Waals surface area contributed by atoms with Crippen molar-refractivity contribution in [2.24, 2.45) is 5.92 Å². The summed E-state index contributed by atoms with van der Waals surface area (Å²) in [6, 6.07) is 2.00. The Balaban J connectivity index is 2.35. The highest BCUT2D eigenvalue weighted by Crippen LogP contribution is 2.02. The summed E-state index contributed by atoms with van der Waals surface area (Å²) in [6.45, 7) is 5.39. The Morgan fingerprint density at radius 1 is 1.47 bits per heavy atom. The van der Waals surface area contributed by atoms with E-state index in [1.165, 1.54) is 0 Å². The number of carbonyl (C=O) groups excluding carboxylic acids is 1. The van der Waals surface area contributed by atoms with E-state index in [9.17, 15) is 4.79 Å². The van der Waals surface area contributed by atoms with Gasteiger partial charge in [0.25, 0.3) is 5.91 Å². The minimum atomic E-state index is -0.523. The average Bonchev–Trinajstić information content (AvgIpc) is 2.23. The fourth-order valence-electron chi connectivity index (χ4n) is 1.49. The zero-order valence-electron chi connectivity index (χ0n) is 9.36. The van der Waals surface area contributed by atoms with Crippen LogP contribution in [0.25, 0.3) is 0 Å². The first kappa shape index (κ1) is 12.0. The fraction of sp³-hybridized carbons (Fsp3) is 0.800. The molecule has 0 radical (unpaired) electrons. The van der Waals surface area contributed by atoms with Gasteiger partial charge in [0, 0.05) is 26.2 Å². The third-order valence-corrected chi connectivity index (χ3v) is 2.65. The van der Waals surface area contributed by atoms with Gasteiger partial charge in [0.15, 0.2) is 0 Å². The minimum Gasteiger partial charge on any atom is -0.304 e. The maximum atomic E-state index is 11.6. The van der Waals surface area contributed by atoms with Crippen molar-refractivity contribution >= 4 is 5.91 Å². The average molecular weight is 210 g/mol. The van der Waals surface area contributed by atoms with Gasteiger partial charge >= 0.3 is 0 Å². The molecule has 1 fully saturated rings. The maximum Gasteiger partial charge on any atom is 0.251 e. The molecular weight excluding hydrogens is 192 g/mol. The van der Waals surface area contributed by atoms with E-state index >= 15 is 0 Å². The third-order valence-electron chi connectivity index (χ3n) is 2.65. The summed E-state index contributed by atoms with van der Waals surface area (Å²) in [5.74, 6) is -0.700. The molecule has 0 aromatic rings. The van der Waals surface area contributed by atoms with Crippen molar-refractivity contribution in [1.82, 2.24) is 15.3 Å². The molecule has 5 nitrogen and oxygen atoms in total. The summed E-state index contributed by atoms with van der Waals surface area (Å²) in [7, 11) is 2.06. The molecule has 0 saturated carbocycles. The highest BCUT2D eigenvalue weighted by atomic mass is 16.2. The molecule has 1 saturated heterocycles. The predicted octanol–water partition coefficient (Wildman–Crippen LogP) is -0.185. The second kappa shape index (κ2) is 5.69. The normalized spacial score (nSPS) is 20.6. The number of nitriles is 1. The number of hydrogen-bond donors (Lipinski definition) is 1. The van der Waals surface area contributed by atoms with Crippen LogP contribution in [0.5, 0.6) is 0 Å². The summed E-state index contributed by atoms with van der Waals surface area (Å²) >= 11 is 0. The molecule has 15 heavy (non-hydrogen) atoms. The first-order chi connectivity index (χ1) is 7.17. The van der Waals surface area contributed by atoms with E-state index in [-0.39, 0.29) is 5.91 Å². The molecule has 1 rings (SSSR count). The highest BCUT2D eigenvalue weighted by Gasteiger charge is 2.20. The van der Waals surface area contributed by atoms with Gasteiger partial charge in [-0.05, 0) is 13.5 Å². The molecule has 0 spiro atoms. The van der Waals surface area contributed by atoms with E-state index < -0.39 is 5.92 Å². The lowest BCUT2D eigenvalue weighted by Gasteiger charge is -2.32. The summed E-state index contributed by atoms with van der Waals surface area (Å²) < 4.78 is 0. The predicted molar refractivity (Wildman–Crippen MR) is 56.6 cm³/mol. The second-order valence-electron chi connectivity index (χ2n) is 3.86. The second-order valence-corrected chi connectivity index (χ2v) is 3.86. The molecule has 84 valence electrons. The van der Waals surface area contributed by atoms with Crippen LogP contribution in [0.1, 0.15) is 13.3 Å². The Labute approximate surface area is 90.6 Å². The van der Waals surface area contributed by atoms with Crippen LogP contribution < -0.4 is 5.43 Å². The molecule has 1 atom stereocenters. The van der Waals surface area contributed by atoms with Crippen molar-refractivity contribution in [3.05, 3.63) is 0 Å². The zero-order chi connectivity index (χ0) is 11.3. The SMILES string of the molecule is CCC(C#N)C(=O)NN1CCN(C)CC1.